The Morgan fingerprint density at radius 3 is 2.53 bits per heavy atom. The Bertz CT molecular complexity index is 1080. The van der Waals surface area contributed by atoms with Crippen molar-refractivity contribution < 1.29 is 4.92 Å². The fraction of sp³-hybridized carbons (Fsp3) is 0.300. The summed E-state index contributed by atoms with van der Waals surface area (Å²) in [5.41, 5.74) is 2.96. The summed E-state index contributed by atoms with van der Waals surface area (Å²) in [4.78, 5) is 37.9. The van der Waals surface area contributed by atoms with Crippen molar-refractivity contribution in [2.75, 3.05) is 23.7 Å². The number of nitrogens with one attached hydrogen (secondary N) is 3. The van der Waals surface area contributed by atoms with E-state index in [1.165, 1.54) is 12.3 Å². The molecule has 10 nitrogen and oxygen atoms in total. The maximum absolute atomic E-state index is 12.3. The van der Waals surface area contributed by atoms with Crippen LogP contribution in [-0.4, -0.2) is 37.9 Å². The fourth-order valence-electron chi connectivity index (χ4n) is 2.81. The van der Waals surface area contributed by atoms with Crippen LogP contribution in [0.2, 0.25) is 0 Å². The molecule has 3 N–H and O–H groups in total. The van der Waals surface area contributed by atoms with Crippen molar-refractivity contribution in [2.24, 2.45) is 0 Å². The van der Waals surface area contributed by atoms with Gasteiger partial charge in [0.1, 0.15) is 12.0 Å². The number of rotatable bonds is 9. The normalized spacial score (nSPS) is 10.6. The number of aromatic amines is 1. The zero-order valence-electron chi connectivity index (χ0n) is 16.8. The van der Waals surface area contributed by atoms with Crippen LogP contribution in [0.1, 0.15) is 28.8 Å². The lowest BCUT2D eigenvalue weighted by atomic mass is 10.1. The molecule has 156 valence electrons. The van der Waals surface area contributed by atoms with Gasteiger partial charge in [0.15, 0.2) is 0 Å². The van der Waals surface area contributed by atoms with Gasteiger partial charge in [0.05, 0.1) is 4.92 Å². The highest BCUT2D eigenvalue weighted by Gasteiger charge is 2.09. The second-order valence-corrected chi connectivity index (χ2v) is 6.89. The topological polar surface area (TPSA) is 139 Å². The van der Waals surface area contributed by atoms with Gasteiger partial charge in [-0.3, -0.25) is 24.9 Å². The van der Waals surface area contributed by atoms with Crippen LogP contribution >= 0.6 is 0 Å². The summed E-state index contributed by atoms with van der Waals surface area (Å²) in [5, 5.41) is 17.0. The summed E-state index contributed by atoms with van der Waals surface area (Å²) in [6, 6.07) is 5.34. The summed E-state index contributed by atoms with van der Waals surface area (Å²) in [6.45, 7) is 4.88. The summed E-state index contributed by atoms with van der Waals surface area (Å²) in [6.07, 6.45) is 5.77. The average molecular weight is 409 g/mol. The Morgan fingerprint density at radius 2 is 1.87 bits per heavy atom. The predicted octanol–water partition coefficient (Wildman–Crippen LogP) is 2.59. The molecule has 0 amide bonds. The second kappa shape index (κ2) is 9.59. The lowest BCUT2D eigenvalue weighted by molar-refractivity contribution is -0.385. The summed E-state index contributed by atoms with van der Waals surface area (Å²) < 4.78 is 0. The van der Waals surface area contributed by atoms with E-state index < -0.39 is 4.92 Å². The molecule has 0 saturated carbocycles. The lowest BCUT2D eigenvalue weighted by Crippen LogP contribution is -2.18. The molecule has 0 fully saturated rings. The van der Waals surface area contributed by atoms with E-state index in [4.69, 9.17) is 0 Å². The summed E-state index contributed by atoms with van der Waals surface area (Å²) in [7, 11) is 0. The first-order valence-electron chi connectivity index (χ1n) is 9.51. The van der Waals surface area contributed by atoms with Gasteiger partial charge in [0, 0.05) is 49.2 Å². The molecule has 0 atom stereocenters. The minimum absolute atomic E-state index is 0.0307. The van der Waals surface area contributed by atoms with Crippen LogP contribution in [0.15, 0.2) is 41.6 Å². The molecular formula is C20H23N7O3. The number of aromatic nitrogens is 4. The Balaban J connectivity index is 1.46. The first kappa shape index (κ1) is 20.9. The highest BCUT2D eigenvalue weighted by atomic mass is 16.6. The van der Waals surface area contributed by atoms with Crippen molar-refractivity contribution in [3.63, 3.8) is 0 Å². The van der Waals surface area contributed by atoms with E-state index in [0.29, 0.717) is 42.4 Å². The van der Waals surface area contributed by atoms with E-state index in [0.717, 1.165) is 17.7 Å². The van der Waals surface area contributed by atoms with Crippen LogP contribution in [0.3, 0.4) is 0 Å². The third kappa shape index (κ3) is 5.60. The molecule has 0 unspecified atom stereocenters. The molecule has 3 aromatic rings. The van der Waals surface area contributed by atoms with Crippen LogP contribution in [-0.2, 0) is 6.42 Å². The van der Waals surface area contributed by atoms with Gasteiger partial charge < -0.3 is 10.6 Å². The van der Waals surface area contributed by atoms with Crippen LogP contribution < -0.4 is 16.2 Å². The van der Waals surface area contributed by atoms with Gasteiger partial charge in [-0.1, -0.05) is 6.07 Å². The minimum atomic E-state index is -0.468. The Hall–Kier alpha value is -3.82. The molecule has 0 aromatic carbocycles. The van der Waals surface area contributed by atoms with Gasteiger partial charge in [0.2, 0.25) is 5.95 Å². The fourth-order valence-corrected chi connectivity index (χ4v) is 2.81. The smallest absolute Gasteiger partial charge is 0.287 e. The van der Waals surface area contributed by atoms with Crippen molar-refractivity contribution >= 4 is 17.5 Å². The van der Waals surface area contributed by atoms with Crippen LogP contribution in [0, 0.1) is 24.0 Å². The molecule has 0 radical (unpaired) electrons. The number of H-pyrrole nitrogens is 1. The number of hydrogen-bond donors (Lipinski definition) is 3. The molecule has 3 rings (SSSR count). The first-order valence-corrected chi connectivity index (χ1v) is 9.51. The zero-order valence-corrected chi connectivity index (χ0v) is 16.8. The molecule has 3 heterocycles. The predicted molar refractivity (Wildman–Crippen MR) is 114 cm³/mol. The number of pyridine rings is 2. The van der Waals surface area contributed by atoms with E-state index >= 15 is 0 Å². The molecule has 0 bridgehead atoms. The van der Waals surface area contributed by atoms with Crippen molar-refractivity contribution in [3.05, 3.63) is 79.6 Å². The van der Waals surface area contributed by atoms with Crippen molar-refractivity contribution in [3.8, 4) is 0 Å². The Kier molecular flexibility index (Phi) is 6.68. The molecule has 0 aliphatic rings. The van der Waals surface area contributed by atoms with E-state index in [-0.39, 0.29) is 11.2 Å². The molecule has 0 spiro atoms. The maximum Gasteiger partial charge on any atom is 0.287 e. The van der Waals surface area contributed by atoms with Gasteiger partial charge >= 0.3 is 0 Å². The third-order valence-electron chi connectivity index (χ3n) is 4.45. The second-order valence-electron chi connectivity index (χ2n) is 6.89. The van der Waals surface area contributed by atoms with Crippen molar-refractivity contribution in [2.45, 2.75) is 26.7 Å². The molecule has 0 saturated heterocycles. The quantitative estimate of drug-likeness (QED) is 0.278. The molecule has 0 aliphatic heterocycles. The van der Waals surface area contributed by atoms with Gasteiger partial charge in [-0.25, -0.2) is 9.97 Å². The van der Waals surface area contributed by atoms with E-state index in [1.807, 2.05) is 19.1 Å². The first-order chi connectivity index (χ1) is 14.4. The Labute approximate surface area is 173 Å². The minimum Gasteiger partial charge on any atom is -0.370 e. The van der Waals surface area contributed by atoms with Crippen molar-refractivity contribution in [1.82, 2.24) is 19.9 Å². The number of aryl methyl sites for hydroxylation is 2. The maximum atomic E-state index is 12.3. The standard InChI is InChI=1S/C20H23N7O3/c1-13-8-17(27(29)30)12-24-18(13)21-6-3-7-22-20-25-11-16(19(28)26-20)9-15-5-4-14(2)23-10-15/h4-5,8,10-12H,3,6-7,9H2,1-2H3,(H,21,24)(H2,22,25,26,28). The van der Waals surface area contributed by atoms with Crippen LogP contribution in [0.4, 0.5) is 17.5 Å². The lowest BCUT2D eigenvalue weighted by Gasteiger charge is -2.09. The largest absolute Gasteiger partial charge is 0.370 e. The monoisotopic (exact) mass is 409 g/mol. The Morgan fingerprint density at radius 1 is 1.07 bits per heavy atom. The zero-order chi connectivity index (χ0) is 21.5. The number of nitrogens with zero attached hydrogens (tertiary/aromatic N) is 4. The van der Waals surface area contributed by atoms with Gasteiger partial charge in [-0.15, -0.1) is 0 Å². The highest BCUT2D eigenvalue weighted by Crippen LogP contribution is 2.17. The highest BCUT2D eigenvalue weighted by molar-refractivity contribution is 5.48. The van der Waals surface area contributed by atoms with Gasteiger partial charge in [-0.05, 0) is 37.5 Å². The summed E-state index contributed by atoms with van der Waals surface area (Å²) >= 11 is 0. The number of hydrogen-bond acceptors (Lipinski definition) is 8. The van der Waals surface area contributed by atoms with Crippen molar-refractivity contribution in [1.29, 1.82) is 0 Å². The third-order valence-corrected chi connectivity index (χ3v) is 4.45. The summed E-state index contributed by atoms with van der Waals surface area (Å²) in [5.74, 6) is 1.03. The molecule has 0 aliphatic carbocycles. The van der Waals surface area contributed by atoms with E-state index in [1.54, 1.807) is 19.3 Å². The number of anilines is 2. The van der Waals surface area contributed by atoms with Gasteiger partial charge in [-0.2, -0.15) is 0 Å². The molecular weight excluding hydrogens is 386 g/mol. The molecule has 3 aromatic heterocycles. The SMILES string of the molecule is Cc1ccc(Cc2cnc(NCCCNc3ncc([N+](=O)[O-])cc3C)[nH]c2=O)cn1. The average Bonchev–Trinajstić information content (AvgIpc) is 2.72. The number of nitro groups is 1. The van der Waals surface area contributed by atoms with Crippen LogP contribution in [0.25, 0.3) is 0 Å². The van der Waals surface area contributed by atoms with E-state index in [2.05, 4.69) is 30.6 Å². The van der Waals surface area contributed by atoms with Gasteiger partial charge in [0.25, 0.3) is 11.2 Å². The van der Waals surface area contributed by atoms with Crippen LogP contribution in [0.5, 0.6) is 0 Å². The van der Waals surface area contributed by atoms with E-state index in [9.17, 15) is 14.9 Å². The molecule has 10 heteroatoms. The molecule has 30 heavy (non-hydrogen) atoms.